The monoisotopic (exact) mass is 443 g/mol. The molecule has 0 aliphatic rings. The second kappa shape index (κ2) is 9.74. The van der Waals surface area contributed by atoms with Crippen LogP contribution in [0.25, 0.3) is 10.9 Å². The highest BCUT2D eigenvalue weighted by atomic mass is 32.2. The van der Waals surface area contributed by atoms with Gasteiger partial charge in [-0.05, 0) is 50.2 Å². The molecule has 0 bridgehead atoms. The number of hydrogen-bond acceptors (Lipinski definition) is 7. The van der Waals surface area contributed by atoms with Crippen molar-refractivity contribution in [2.75, 3.05) is 30.9 Å². The molecule has 1 unspecified atom stereocenters. The van der Waals surface area contributed by atoms with Crippen molar-refractivity contribution in [2.45, 2.75) is 25.5 Å². The van der Waals surface area contributed by atoms with Crippen LogP contribution in [0.15, 0.2) is 66.9 Å². The lowest BCUT2D eigenvalue weighted by Crippen LogP contribution is -2.40. The summed E-state index contributed by atoms with van der Waals surface area (Å²) in [5.74, 6) is 0. The molecule has 0 aliphatic carbocycles. The van der Waals surface area contributed by atoms with Gasteiger partial charge in [0.1, 0.15) is 6.10 Å². The van der Waals surface area contributed by atoms with E-state index in [2.05, 4.69) is 4.98 Å². The van der Waals surface area contributed by atoms with Crippen molar-refractivity contribution < 1.29 is 17.3 Å². The summed E-state index contributed by atoms with van der Waals surface area (Å²) in [7, 11) is -3.68. The number of nitrogens with two attached hydrogens (primary N) is 1. The molecule has 0 spiro atoms. The largest absolute Gasteiger partial charge is 0.377 e. The Labute approximate surface area is 183 Å². The van der Waals surface area contributed by atoms with Crippen LogP contribution in [0.5, 0.6) is 0 Å². The molecule has 0 saturated carbocycles. The topological polar surface area (TPSA) is 94.8 Å². The van der Waals surface area contributed by atoms with Crippen LogP contribution in [-0.2, 0) is 19.0 Å². The molecular weight excluding hydrogens is 414 g/mol. The van der Waals surface area contributed by atoms with Gasteiger partial charge in [0.15, 0.2) is 0 Å². The molecule has 166 valence electrons. The smallest absolute Gasteiger partial charge is 0.264 e. The third-order valence-corrected chi connectivity index (χ3v) is 5.06. The number of ether oxygens (including phenoxy) is 1. The zero-order valence-corrected chi connectivity index (χ0v) is 18.9. The Morgan fingerprint density at radius 3 is 2.48 bits per heavy atom. The molecule has 0 radical (unpaired) electrons. The van der Waals surface area contributed by atoms with Gasteiger partial charge in [-0.25, -0.2) is 0 Å². The second-order valence-corrected chi connectivity index (χ2v) is 9.85. The van der Waals surface area contributed by atoms with Crippen LogP contribution in [0.2, 0.25) is 0 Å². The summed E-state index contributed by atoms with van der Waals surface area (Å²) in [4.78, 5) is 6.39. The van der Waals surface area contributed by atoms with Crippen LogP contribution in [0, 0.1) is 0 Å². The molecule has 2 aromatic carbocycles. The SMILES string of the molecule is CC(C)(N)COCC(CN(c1ccccc1)c1ccc2ncccc2c1)OS(C)(=O)=O. The van der Waals surface area contributed by atoms with Gasteiger partial charge in [-0.3, -0.25) is 9.17 Å². The Balaban J connectivity index is 1.92. The Bertz CT molecular complexity index is 1100. The van der Waals surface area contributed by atoms with Gasteiger partial charge in [-0.1, -0.05) is 24.3 Å². The van der Waals surface area contributed by atoms with E-state index in [1.54, 1.807) is 6.20 Å². The average molecular weight is 444 g/mol. The molecule has 2 N–H and O–H groups in total. The fourth-order valence-electron chi connectivity index (χ4n) is 3.21. The molecule has 1 atom stereocenters. The number of benzene rings is 2. The van der Waals surface area contributed by atoms with E-state index in [9.17, 15) is 8.42 Å². The number of anilines is 2. The minimum absolute atomic E-state index is 0.0895. The summed E-state index contributed by atoms with van der Waals surface area (Å²) >= 11 is 0. The molecule has 0 amide bonds. The highest BCUT2D eigenvalue weighted by Gasteiger charge is 2.23. The van der Waals surface area contributed by atoms with E-state index < -0.39 is 21.8 Å². The first-order valence-corrected chi connectivity index (χ1v) is 11.8. The summed E-state index contributed by atoms with van der Waals surface area (Å²) in [6.45, 7) is 4.33. The molecule has 1 heterocycles. The zero-order chi connectivity index (χ0) is 22.5. The third kappa shape index (κ3) is 7.29. The number of nitrogens with zero attached hydrogens (tertiary/aromatic N) is 2. The lowest BCUT2D eigenvalue weighted by molar-refractivity contribution is 0.0379. The predicted octanol–water partition coefficient (Wildman–Crippen LogP) is 3.47. The van der Waals surface area contributed by atoms with Crippen LogP contribution in [-0.4, -0.2) is 51.1 Å². The molecule has 3 aromatic rings. The Hall–Kier alpha value is -2.52. The number of aromatic nitrogens is 1. The van der Waals surface area contributed by atoms with Crippen molar-refractivity contribution >= 4 is 32.4 Å². The number of pyridine rings is 1. The van der Waals surface area contributed by atoms with E-state index in [-0.39, 0.29) is 19.8 Å². The van der Waals surface area contributed by atoms with E-state index in [1.165, 1.54) is 0 Å². The van der Waals surface area contributed by atoms with Crippen molar-refractivity contribution in [2.24, 2.45) is 5.73 Å². The van der Waals surface area contributed by atoms with Gasteiger partial charge < -0.3 is 15.4 Å². The van der Waals surface area contributed by atoms with Crippen molar-refractivity contribution in [3.63, 3.8) is 0 Å². The standard InChI is InChI=1S/C23H29N3O4S/c1-23(2,24)17-29-16-21(30-31(3,27)28)15-26(19-9-5-4-6-10-19)20-11-12-22-18(14-20)8-7-13-25-22/h4-14,21H,15-17,24H2,1-3H3. The molecule has 0 saturated heterocycles. The van der Waals surface area contributed by atoms with E-state index in [1.807, 2.05) is 79.4 Å². The molecule has 7 nitrogen and oxygen atoms in total. The molecular formula is C23H29N3O4S. The Morgan fingerprint density at radius 2 is 1.81 bits per heavy atom. The summed E-state index contributed by atoms with van der Waals surface area (Å²) in [6, 6.07) is 19.5. The van der Waals surface area contributed by atoms with Crippen LogP contribution in [0.3, 0.4) is 0 Å². The highest BCUT2D eigenvalue weighted by molar-refractivity contribution is 7.86. The van der Waals surface area contributed by atoms with Gasteiger partial charge in [0.25, 0.3) is 10.1 Å². The quantitative estimate of drug-likeness (QED) is 0.479. The summed E-state index contributed by atoms with van der Waals surface area (Å²) in [6.07, 6.45) is 2.08. The minimum Gasteiger partial charge on any atom is -0.377 e. The summed E-state index contributed by atoms with van der Waals surface area (Å²) in [5.41, 5.74) is 8.15. The molecule has 0 fully saturated rings. The summed E-state index contributed by atoms with van der Waals surface area (Å²) < 4.78 is 34.9. The molecule has 1 aromatic heterocycles. The van der Waals surface area contributed by atoms with Gasteiger partial charge in [-0.2, -0.15) is 8.42 Å². The van der Waals surface area contributed by atoms with Crippen molar-refractivity contribution in [1.82, 2.24) is 4.98 Å². The first kappa shape index (κ1) is 23.1. The van der Waals surface area contributed by atoms with Crippen molar-refractivity contribution in [3.8, 4) is 0 Å². The fraction of sp³-hybridized carbons (Fsp3) is 0.348. The van der Waals surface area contributed by atoms with Gasteiger partial charge in [0.2, 0.25) is 0 Å². The van der Waals surface area contributed by atoms with Gasteiger partial charge in [0, 0.05) is 28.5 Å². The summed E-state index contributed by atoms with van der Waals surface area (Å²) in [5, 5.41) is 0.989. The van der Waals surface area contributed by atoms with Crippen LogP contribution >= 0.6 is 0 Å². The van der Waals surface area contributed by atoms with Crippen LogP contribution < -0.4 is 10.6 Å². The number of para-hydroxylation sites is 1. The second-order valence-electron chi connectivity index (χ2n) is 8.25. The van der Waals surface area contributed by atoms with Crippen LogP contribution in [0.1, 0.15) is 13.8 Å². The maximum absolute atomic E-state index is 11.9. The maximum atomic E-state index is 11.9. The van der Waals surface area contributed by atoms with E-state index in [4.69, 9.17) is 14.7 Å². The minimum atomic E-state index is -3.68. The third-order valence-electron chi connectivity index (χ3n) is 4.44. The van der Waals surface area contributed by atoms with E-state index >= 15 is 0 Å². The fourth-order valence-corrected chi connectivity index (χ4v) is 3.82. The number of rotatable bonds is 10. The lowest BCUT2D eigenvalue weighted by Gasteiger charge is -2.30. The van der Waals surface area contributed by atoms with E-state index in [0.29, 0.717) is 0 Å². The maximum Gasteiger partial charge on any atom is 0.264 e. The van der Waals surface area contributed by atoms with Gasteiger partial charge >= 0.3 is 0 Å². The number of fused-ring (bicyclic) bond motifs is 1. The zero-order valence-electron chi connectivity index (χ0n) is 18.1. The number of hydrogen-bond donors (Lipinski definition) is 1. The predicted molar refractivity (Wildman–Crippen MR) is 124 cm³/mol. The highest BCUT2D eigenvalue weighted by Crippen LogP contribution is 2.28. The molecule has 0 aliphatic heterocycles. The average Bonchev–Trinajstić information content (AvgIpc) is 2.70. The van der Waals surface area contributed by atoms with Crippen molar-refractivity contribution in [3.05, 3.63) is 66.9 Å². The lowest BCUT2D eigenvalue weighted by atomic mass is 10.1. The molecule has 8 heteroatoms. The molecule has 31 heavy (non-hydrogen) atoms. The van der Waals surface area contributed by atoms with Gasteiger partial charge in [0.05, 0.1) is 31.5 Å². The van der Waals surface area contributed by atoms with Crippen LogP contribution in [0.4, 0.5) is 11.4 Å². The first-order valence-electron chi connectivity index (χ1n) is 10.0. The Morgan fingerprint density at radius 1 is 1.06 bits per heavy atom. The first-order chi connectivity index (χ1) is 14.6. The van der Waals surface area contributed by atoms with E-state index in [0.717, 1.165) is 28.5 Å². The van der Waals surface area contributed by atoms with Gasteiger partial charge in [-0.15, -0.1) is 0 Å². The van der Waals surface area contributed by atoms with Crippen molar-refractivity contribution in [1.29, 1.82) is 0 Å². The Kier molecular flexibility index (Phi) is 7.27. The normalized spacial score (nSPS) is 13.3. The molecule has 3 rings (SSSR count).